The first kappa shape index (κ1) is 57.1. The molecule has 56 heavy (non-hydrogen) atoms. The van der Waals surface area contributed by atoms with Gasteiger partial charge in [-0.05, 0) is 158 Å². The minimum Gasteiger partial charge on any atom is -0.374 e. The molecule has 20 heteroatoms. The highest BCUT2D eigenvalue weighted by Crippen LogP contribution is 2.55. The molecular weight excluding hydrogens is 917 g/mol. The summed E-state index contributed by atoms with van der Waals surface area (Å²) in [5, 5.41) is 0. The molecule has 1 aliphatic carbocycles. The summed E-state index contributed by atoms with van der Waals surface area (Å²) < 4.78 is 56.7. The third-order valence-electron chi connectivity index (χ3n) is 9.66. The Bertz CT molecular complexity index is 898. The molecule has 0 aromatic rings. The van der Waals surface area contributed by atoms with E-state index < -0.39 is 26.4 Å². The molecule has 9 nitrogen and oxygen atoms in total. The fourth-order valence-electron chi connectivity index (χ4n) is 7.45. The topological polar surface area (TPSA) is 83.1 Å². The van der Waals surface area contributed by atoms with Crippen LogP contribution in [-0.4, -0.2) is 107 Å². The van der Waals surface area contributed by atoms with Crippen molar-refractivity contribution in [1.29, 1.82) is 0 Å². The Morgan fingerprint density at radius 1 is 0.500 bits per heavy atom. The fourth-order valence-corrected chi connectivity index (χ4v) is 34.1. The monoisotopic (exact) mass is 994 g/mol. The first-order valence-electron chi connectivity index (χ1n) is 21.2. The number of hydrogen-bond donors (Lipinski definition) is 0. The lowest BCUT2D eigenvalue weighted by Gasteiger charge is -2.46. The first-order valence-corrected chi connectivity index (χ1v) is 36.8. The van der Waals surface area contributed by atoms with Crippen molar-refractivity contribution in [3.63, 3.8) is 0 Å². The Kier molecular flexibility index (Phi) is 35.2. The van der Waals surface area contributed by atoms with Crippen molar-refractivity contribution in [1.82, 2.24) is 0 Å². The highest BCUT2D eigenvalue weighted by atomic mass is 33.7. The SMILES string of the molecule is CCO[Si](CCC1(CCSSSSC(CC)[Si](OCC)(OCC)OCC)CCCCC1CCSSSSC(CC)[Si](OCC)(OCC)OCC)(OCC)OCC. The Morgan fingerprint density at radius 3 is 1.30 bits per heavy atom. The quantitative estimate of drug-likeness (QED) is 0.0332. The van der Waals surface area contributed by atoms with Crippen LogP contribution in [0, 0.1) is 11.3 Å². The summed E-state index contributed by atoms with van der Waals surface area (Å²) in [6.07, 6.45) is 10.6. The summed E-state index contributed by atoms with van der Waals surface area (Å²) in [4.78, 5) is 0.409. The van der Waals surface area contributed by atoms with Gasteiger partial charge < -0.3 is 39.8 Å². The maximum absolute atomic E-state index is 6.39. The van der Waals surface area contributed by atoms with Gasteiger partial charge in [0.15, 0.2) is 0 Å². The summed E-state index contributed by atoms with van der Waals surface area (Å²) in [6, 6.07) is 0.885. The molecule has 0 bridgehead atoms. The molecule has 4 unspecified atom stereocenters. The molecule has 0 heterocycles. The molecule has 1 aliphatic rings. The molecule has 0 saturated heterocycles. The van der Waals surface area contributed by atoms with E-state index in [1.165, 1.54) is 38.5 Å². The summed E-state index contributed by atoms with van der Waals surface area (Å²) in [6.45, 7) is 28.3. The molecule has 0 amide bonds. The van der Waals surface area contributed by atoms with Gasteiger partial charge in [-0.3, -0.25) is 0 Å². The molecule has 0 aliphatic heterocycles. The van der Waals surface area contributed by atoms with Crippen LogP contribution in [0.15, 0.2) is 0 Å². The molecule has 4 atom stereocenters. The van der Waals surface area contributed by atoms with E-state index in [0.29, 0.717) is 65.4 Å². The van der Waals surface area contributed by atoms with Gasteiger partial charge in [0.2, 0.25) is 0 Å². The van der Waals surface area contributed by atoms with Gasteiger partial charge in [0.25, 0.3) is 0 Å². The van der Waals surface area contributed by atoms with E-state index in [0.717, 1.165) is 36.8 Å². The van der Waals surface area contributed by atoms with Gasteiger partial charge >= 0.3 is 26.4 Å². The molecule has 0 N–H and O–H groups in total. The second kappa shape index (κ2) is 34.5. The smallest absolute Gasteiger partial charge is 0.374 e. The van der Waals surface area contributed by atoms with E-state index in [4.69, 9.17) is 39.8 Å². The summed E-state index contributed by atoms with van der Waals surface area (Å²) >= 11 is 0. The zero-order valence-corrected chi connectivity index (χ0v) is 46.1. The molecule has 336 valence electrons. The van der Waals surface area contributed by atoms with Gasteiger partial charge in [0.1, 0.15) is 0 Å². The Hall–Kier alpha value is 3.09. The maximum atomic E-state index is 6.39. The van der Waals surface area contributed by atoms with Crippen molar-refractivity contribution in [2.45, 2.75) is 150 Å². The van der Waals surface area contributed by atoms with Crippen LogP contribution in [0.3, 0.4) is 0 Å². The van der Waals surface area contributed by atoms with Gasteiger partial charge in [-0.15, -0.1) is 0 Å². The van der Waals surface area contributed by atoms with Crippen molar-refractivity contribution in [3.05, 3.63) is 0 Å². The van der Waals surface area contributed by atoms with Gasteiger partial charge in [-0.1, -0.05) is 69.9 Å². The minimum atomic E-state index is -2.77. The van der Waals surface area contributed by atoms with Gasteiger partial charge in [0, 0.05) is 77.0 Å². The van der Waals surface area contributed by atoms with Crippen LogP contribution in [0.4, 0.5) is 0 Å². The van der Waals surface area contributed by atoms with Crippen molar-refractivity contribution < 1.29 is 39.8 Å². The summed E-state index contributed by atoms with van der Waals surface area (Å²) in [5.41, 5.74) is 0.248. The lowest BCUT2D eigenvalue weighted by Crippen LogP contribution is -2.54. The lowest BCUT2D eigenvalue weighted by atomic mass is 9.62. The Balaban J connectivity index is 3.03. The highest BCUT2D eigenvalue weighted by Gasteiger charge is 2.51. The van der Waals surface area contributed by atoms with Crippen molar-refractivity contribution in [2.24, 2.45) is 11.3 Å². The summed E-state index contributed by atoms with van der Waals surface area (Å²) in [5.74, 6) is 2.92. The van der Waals surface area contributed by atoms with Gasteiger partial charge in [-0.2, -0.15) is 0 Å². The van der Waals surface area contributed by atoms with Crippen LogP contribution >= 0.6 is 82.5 Å². The Labute approximate surface area is 377 Å². The number of rotatable bonds is 39. The van der Waals surface area contributed by atoms with Crippen molar-refractivity contribution in [3.8, 4) is 0 Å². The molecule has 0 radical (unpaired) electrons. The third-order valence-corrected chi connectivity index (χ3v) is 36.0. The average molecular weight is 996 g/mol. The number of hydrogen-bond acceptors (Lipinski definition) is 17. The molecule has 1 saturated carbocycles. The molecule has 0 spiro atoms. The van der Waals surface area contributed by atoms with Crippen LogP contribution in [0.5, 0.6) is 0 Å². The zero-order chi connectivity index (χ0) is 41.6. The first-order chi connectivity index (χ1) is 27.2. The molecule has 0 aromatic carbocycles. The lowest BCUT2D eigenvalue weighted by molar-refractivity contribution is 0.0477. The van der Waals surface area contributed by atoms with Crippen LogP contribution in [0.2, 0.25) is 6.04 Å². The standard InChI is InChI=1S/C36H78O9S8Si3/c1-12-34(55(40-17-6,41-18-7)42-19-8)48-52-50-46-30-26-33-25-23-24-27-36(33,29-32-54(37-14-3,38-15-4)39-16-5)28-31-47-51-53-49-35(13-2)56(43-20-9,44-21-10)45-22-11/h33-35H,12-32H2,1-11H3. The van der Waals surface area contributed by atoms with E-state index in [-0.39, 0.29) is 15.2 Å². The van der Waals surface area contributed by atoms with Crippen molar-refractivity contribution >= 4 is 109 Å². The zero-order valence-electron chi connectivity index (χ0n) is 36.5. The summed E-state index contributed by atoms with van der Waals surface area (Å²) in [7, 11) is 6.93. The molecule has 0 aromatic heterocycles. The van der Waals surface area contributed by atoms with Crippen LogP contribution in [-0.2, 0) is 39.8 Å². The van der Waals surface area contributed by atoms with Gasteiger partial charge in [0.05, 0.1) is 9.75 Å². The maximum Gasteiger partial charge on any atom is 0.515 e. The molecule has 1 rings (SSSR count). The fraction of sp³-hybridized carbons (Fsp3) is 1.00. The van der Waals surface area contributed by atoms with E-state index in [1.807, 2.05) is 124 Å². The molecular formula is C36H78O9S8Si3. The van der Waals surface area contributed by atoms with Crippen LogP contribution in [0.1, 0.15) is 134 Å². The normalized spacial score (nSPS) is 19.4. The van der Waals surface area contributed by atoms with E-state index in [1.54, 1.807) is 0 Å². The van der Waals surface area contributed by atoms with E-state index in [2.05, 4.69) is 34.6 Å². The average Bonchev–Trinajstić information content (AvgIpc) is 3.18. The van der Waals surface area contributed by atoms with E-state index >= 15 is 0 Å². The Morgan fingerprint density at radius 2 is 0.911 bits per heavy atom. The predicted molar refractivity (Wildman–Crippen MR) is 264 cm³/mol. The second-order valence-electron chi connectivity index (χ2n) is 13.0. The minimum absolute atomic E-state index is 0.201. The van der Waals surface area contributed by atoms with Gasteiger partial charge in [-0.25, -0.2) is 0 Å². The molecule has 1 fully saturated rings. The third kappa shape index (κ3) is 19.9. The highest BCUT2D eigenvalue weighted by molar-refractivity contribution is 9.26. The van der Waals surface area contributed by atoms with Crippen LogP contribution in [0.25, 0.3) is 0 Å². The van der Waals surface area contributed by atoms with Crippen molar-refractivity contribution in [2.75, 3.05) is 71.0 Å². The van der Waals surface area contributed by atoms with Crippen LogP contribution < -0.4 is 0 Å². The predicted octanol–water partition coefficient (Wildman–Crippen LogP) is 13.5. The van der Waals surface area contributed by atoms with E-state index in [9.17, 15) is 0 Å². The second-order valence-corrected chi connectivity index (χ2v) is 34.6. The largest absolute Gasteiger partial charge is 0.515 e.